The average Bonchev–Trinajstić information content (AvgIpc) is 2.75. The molecule has 0 atom stereocenters. The van der Waals surface area contributed by atoms with Gasteiger partial charge < -0.3 is 14.3 Å². The van der Waals surface area contributed by atoms with Crippen molar-refractivity contribution in [3.8, 4) is 10.8 Å². The van der Waals surface area contributed by atoms with E-state index in [2.05, 4.69) is 5.10 Å². The second-order valence-corrected chi connectivity index (χ2v) is 3.63. The number of rotatable bonds is 3. The molecule has 0 aliphatic heterocycles. The molecule has 6 nitrogen and oxygen atoms in total. The summed E-state index contributed by atoms with van der Waals surface area (Å²) in [4.78, 5) is 22.1. The Morgan fingerprint density at radius 3 is 3.07 bits per heavy atom. The Morgan fingerprint density at radius 2 is 2.47 bits per heavy atom. The zero-order chi connectivity index (χ0) is 10.8. The van der Waals surface area contributed by atoms with E-state index in [1.807, 2.05) is 0 Å². The quantitative estimate of drug-likeness (QED) is 0.690. The summed E-state index contributed by atoms with van der Waals surface area (Å²) in [6.07, 6.45) is 0. The summed E-state index contributed by atoms with van der Waals surface area (Å²) in [6.45, 7) is -0.603. The maximum Gasteiger partial charge on any atom is 0.437 e. The number of thiophene rings is 1. The summed E-state index contributed by atoms with van der Waals surface area (Å²) in [5, 5.41) is 15.8. The molecule has 7 heteroatoms. The second kappa shape index (κ2) is 3.70. The van der Waals surface area contributed by atoms with E-state index in [-0.39, 0.29) is 5.89 Å². The molecule has 0 radical (unpaired) electrons. The minimum atomic E-state index is -1.39. The van der Waals surface area contributed by atoms with E-state index in [0.29, 0.717) is 9.56 Å². The van der Waals surface area contributed by atoms with E-state index >= 15 is 0 Å². The Morgan fingerprint density at radius 1 is 1.67 bits per heavy atom. The molecule has 0 unspecified atom stereocenters. The van der Waals surface area contributed by atoms with E-state index in [1.54, 1.807) is 17.5 Å². The minimum absolute atomic E-state index is 0.122. The fourth-order valence-corrected chi connectivity index (χ4v) is 1.67. The SMILES string of the molecule is O=C([O-])Cn1nc(-c2cccs2)oc1=O. The van der Waals surface area contributed by atoms with Crippen LogP contribution < -0.4 is 10.9 Å². The van der Waals surface area contributed by atoms with Crippen molar-refractivity contribution in [1.29, 1.82) is 0 Å². The molecule has 0 amide bonds. The lowest BCUT2D eigenvalue weighted by atomic mass is 10.5. The third-order valence-electron chi connectivity index (χ3n) is 1.62. The molecule has 0 aromatic carbocycles. The molecule has 2 aromatic heterocycles. The van der Waals surface area contributed by atoms with Gasteiger partial charge in [0.25, 0.3) is 5.89 Å². The van der Waals surface area contributed by atoms with Crippen LogP contribution in [0.25, 0.3) is 10.8 Å². The molecule has 0 N–H and O–H groups in total. The van der Waals surface area contributed by atoms with E-state index < -0.39 is 18.3 Å². The van der Waals surface area contributed by atoms with Gasteiger partial charge in [0.15, 0.2) is 0 Å². The van der Waals surface area contributed by atoms with Gasteiger partial charge in [0, 0.05) is 0 Å². The Bertz CT molecular complexity index is 525. The molecule has 0 bridgehead atoms. The van der Waals surface area contributed by atoms with Gasteiger partial charge >= 0.3 is 5.76 Å². The molecule has 2 aromatic rings. The largest absolute Gasteiger partial charge is 0.548 e. The maximum absolute atomic E-state index is 11.1. The zero-order valence-electron chi connectivity index (χ0n) is 7.37. The Labute approximate surface area is 87.4 Å². The average molecular weight is 225 g/mol. The Hall–Kier alpha value is -1.89. The molecule has 2 heterocycles. The predicted molar refractivity (Wildman–Crippen MR) is 49.1 cm³/mol. The third kappa shape index (κ3) is 1.96. The number of carboxylic acids is 1. The number of nitrogens with zero attached hydrogens (tertiary/aromatic N) is 2. The lowest BCUT2D eigenvalue weighted by Crippen LogP contribution is -2.31. The van der Waals surface area contributed by atoms with Crippen molar-refractivity contribution in [2.75, 3.05) is 0 Å². The van der Waals surface area contributed by atoms with Crippen LogP contribution in [0.1, 0.15) is 0 Å². The highest BCUT2D eigenvalue weighted by Crippen LogP contribution is 2.20. The van der Waals surface area contributed by atoms with E-state index in [4.69, 9.17) is 4.42 Å². The van der Waals surface area contributed by atoms with Gasteiger partial charge in [0.2, 0.25) is 0 Å². The summed E-state index contributed by atoms with van der Waals surface area (Å²) in [7, 11) is 0. The highest BCUT2D eigenvalue weighted by molar-refractivity contribution is 7.13. The van der Waals surface area contributed by atoms with Crippen LogP contribution in [0, 0.1) is 0 Å². The topological polar surface area (TPSA) is 88.2 Å². The number of aliphatic carboxylic acids is 1. The van der Waals surface area contributed by atoms with E-state index in [1.165, 1.54) is 11.3 Å². The summed E-state index contributed by atoms with van der Waals surface area (Å²) in [5.74, 6) is -2.07. The molecule has 78 valence electrons. The number of carboxylic acid groups (broad SMARTS) is 1. The molecule has 0 aliphatic rings. The van der Waals surface area contributed by atoms with Crippen molar-refractivity contribution >= 4 is 17.3 Å². The van der Waals surface area contributed by atoms with Crippen molar-refractivity contribution in [2.45, 2.75) is 6.54 Å². The fraction of sp³-hybridized carbons (Fsp3) is 0.125. The van der Waals surface area contributed by atoms with Crippen molar-refractivity contribution in [1.82, 2.24) is 9.78 Å². The van der Waals surface area contributed by atoms with Gasteiger partial charge in [-0.2, -0.15) is 4.68 Å². The van der Waals surface area contributed by atoms with Gasteiger partial charge in [0.1, 0.15) is 0 Å². The number of hydrogen-bond donors (Lipinski definition) is 0. The molecule has 0 saturated carbocycles. The van der Waals surface area contributed by atoms with Crippen molar-refractivity contribution in [3.63, 3.8) is 0 Å². The highest BCUT2D eigenvalue weighted by atomic mass is 32.1. The molecule has 0 spiro atoms. The van der Waals surface area contributed by atoms with Crippen LogP contribution in [0.4, 0.5) is 0 Å². The smallest absolute Gasteiger partial charge is 0.437 e. The third-order valence-corrected chi connectivity index (χ3v) is 2.47. The van der Waals surface area contributed by atoms with Gasteiger partial charge in [-0.1, -0.05) is 6.07 Å². The zero-order valence-corrected chi connectivity index (χ0v) is 8.19. The second-order valence-electron chi connectivity index (χ2n) is 2.68. The van der Waals surface area contributed by atoms with Crippen molar-refractivity contribution < 1.29 is 14.3 Å². The molecule has 0 fully saturated rings. The molecular formula is C8H5N2O4S-. The monoisotopic (exact) mass is 225 g/mol. The molecule has 0 aliphatic carbocycles. The predicted octanol–water partition coefficient (Wildman–Crippen LogP) is -0.685. The minimum Gasteiger partial charge on any atom is -0.548 e. The highest BCUT2D eigenvalue weighted by Gasteiger charge is 2.10. The van der Waals surface area contributed by atoms with E-state index in [0.717, 1.165) is 0 Å². The molecule has 15 heavy (non-hydrogen) atoms. The van der Waals surface area contributed by atoms with E-state index in [9.17, 15) is 14.7 Å². The first-order valence-corrected chi connectivity index (χ1v) is 4.86. The first-order chi connectivity index (χ1) is 7.16. The number of carbonyl (C=O) groups is 1. The van der Waals surface area contributed by atoms with Crippen LogP contribution in [-0.4, -0.2) is 15.7 Å². The first kappa shape index (κ1) is 9.66. The number of hydrogen-bond acceptors (Lipinski definition) is 6. The standard InChI is InChI=1S/C8H6N2O4S/c11-6(12)4-10-8(13)14-7(9-10)5-2-1-3-15-5/h1-3H,4H2,(H,11,12)/p-1. The van der Waals surface area contributed by atoms with Crippen LogP contribution in [0.3, 0.4) is 0 Å². The number of aromatic nitrogens is 2. The molecular weight excluding hydrogens is 220 g/mol. The van der Waals surface area contributed by atoms with Crippen LogP contribution in [-0.2, 0) is 11.3 Å². The maximum atomic E-state index is 11.1. The van der Waals surface area contributed by atoms with Gasteiger partial charge in [-0.15, -0.1) is 16.4 Å². The van der Waals surface area contributed by atoms with Gasteiger partial charge in [-0.3, -0.25) is 0 Å². The summed E-state index contributed by atoms with van der Waals surface area (Å²) in [6, 6.07) is 3.50. The molecule has 2 rings (SSSR count). The van der Waals surface area contributed by atoms with Crippen LogP contribution in [0.15, 0.2) is 26.7 Å². The van der Waals surface area contributed by atoms with Crippen LogP contribution >= 0.6 is 11.3 Å². The van der Waals surface area contributed by atoms with Crippen LogP contribution in [0.2, 0.25) is 0 Å². The summed E-state index contributed by atoms with van der Waals surface area (Å²) < 4.78 is 5.49. The Kier molecular flexibility index (Phi) is 2.38. The summed E-state index contributed by atoms with van der Waals surface area (Å²) >= 11 is 1.35. The lowest BCUT2D eigenvalue weighted by molar-refractivity contribution is -0.306. The summed E-state index contributed by atoms with van der Waals surface area (Å²) in [5.41, 5.74) is 0. The number of carbonyl (C=O) groups excluding carboxylic acids is 1. The molecule has 0 saturated heterocycles. The lowest BCUT2D eigenvalue weighted by Gasteiger charge is -1.97. The fourth-order valence-electron chi connectivity index (χ4n) is 1.03. The van der Waals surface area contributed by atoms with Crippen molar-refractivity contribution in [3.05, 3.63) is 28.1 Å². The van der Waals surface area contributed by atoms with Crippen LogP contribution in [0.5, 0.6) is 0 Å². The normalized spacial score (nSPS) is 10.4. The van der Waals surface area contributed by atoms with Crippen molar-refractivity contribution in [2.24, 2.45) is 0 Å². The Balaban J connectivity index is 2.37. The van der Waals surface area contributed by atoms with Gasteiger partial charge in [-0.25, -0.2) is 4.79 Å². The van der Waals surface area contributed by atoms with Gasteiger partial charge in [-0.05, 0) is 11.4 Å². The first-order valence-electron chi connectivity index (χ1n) is 3.98. The van der Waals surface area contributed by atoms with Gasteiger partial charge in [0.05, 0.1) is 17.4 Å².